The van der Waals surface area contributed by atoms with Gasteiger partial charge in [0.25, 0.3) is 0 Å². The summed E-state index contributed by atoms with van der Waals surface area (Å²) in [5, 5.41) is 10.9. The van der Waals surface area contributed by atoms with Gasteiger partial charge in [0.15, 0.2) is 11.5 Å². The third-order valence-corrected chi connectivity index (χ3v) is 4.98. The van der Waals surface area contributed by atoms with Crippen LogP contribution < -0.4 is 9.47 Å². The molecule has 21 heavy (non-hydrogen) atoms. The lowest BCUT2D eigenvalue weighted by atomic mass is 9.79. The Bertz CT molecular complexity index is 471. The first-order valence-corrected chi connectivity index (χ1v) is 8.29. The molecule has 2 fully saturated rings. The number of ether oxygens (including phenoxy) is 2. The van der Waals surface area contributed by atoms with Gasteiger partial charge in [-0.3, -0.25) is 0 Å². The third-order valence-electron chi connectivity index (χ3n) is 4.98. The van der Waals surface area contributed by atoms with Crippen molar-refractivity contribution in [2.24, 2.45) is 0 Å². The van der Waals surface area contributed by atoms with E-state index in [1.807, 2.05) is 18.2 Å². The number of rotatable bonds is 4. The highest BCUT2D eigenvalue weighted by Crippen LogP contribution is 2.41. The van der Waals surface area contributed by atoms with Gasteiger partial charge in [0.2, 0.25) is 0 Å². The summed E-state index contributed by atoms with van der Waals surface area (Å²) in [6.45, 7) is 0. The van der Waals surface area contributed by atoms with Crippen molar-refractivity contribution in [3.63, 3.8) is 0 Å². The quantitative estimate of drug-likeness (QED) is 0.904. The van der Waals surface area contributed by atoms with Crippen LogP contribution in [0.25, 0.3) is 0 Å². The largest absolute Gasteiger partial charge is 0.493 e. The SMILES string of the molecule is COc1ccc(C2(O)CCCCC2)cc1OC1CCCC1. The van der Waals surface area contributed by atoms with E-state index < -0.39 is 5.60 Å². The molecule has 0 heterocycles. The molecule has 0 radical (unpaired) electrons. The van der Waals surface area contributed by atoms with Gasteiger partial charge < -0.3 is 14.6 Å². The molecule has 2 aliphatic carbocycles. The van der Waals surface area contributed by atoms with Gasteiger partial charge in [-0.05, 0) is 56.2 Å². The second-order valence-corrected chi connectivity index (χ2v) is 6.48. The molecule has 0 saturated heterocycles. The topological polar surface area (TPSA) is 38.7 Å². The van der Waals surface area contributed by atoms with Crippen LogP contribution >= 0.6 is 0 Å². The average molecular weight is 290 g/mol. The van der Waals surface area contributed by atoms with Gasteiger partial charge in [0.1, 0.15) is 0 Å². The van der Waals surface area contributed by atoms with Crippen molar-refractivity contribution in [3.05, 3.63) is 23.8 Å². The van der Waals surface area contributed by atoms with Crippen molar-refractivity contribution in [2.45, 2.75) is 69.5 Å². The Balaban J connectivity index is 1.84. The lowest BCUT2D eigenvalue weighted by molar-refractivity contribution is -0.000974. The maximum Gasteiger partial charge on any atom is 0.161 e. The molecule has 2 aliphatic rings. The fraction of sp³-hybridized carbons (Fsp3) is 0.667. The van der Waals surface area contributed by atoms with E-state index in [4.69, 9.17) is 9.47 Å². The van der Waals surface area contributed by atoms with Crippen LogP contribution in [-0.2, 0) is 5.60 Å². The summed E-state index contributed by atoms with van der Waals surface area (Å²) in [6, 6.07) is 5.93. The number of hydrogen-bond acceptors (Lipinski definition) is 3. The van der Waals surface area contributed by atoms with Crippen LogP contribution in [0.4, 0.5) is 0 Å². The van der Waals surface area contributed by atoms with E-state index in [-0.39, 0.29) is 0 Å². The summed E-state index contributed by atoms with van der Waals surface area (Å²) >= 11 is 0. The van der Waals surface area contributed by atoms with Crippen molar-refractivity contribution in [1.82, 2.24) is 0 Å². The van der Waals surface area contributed by atoms with Crippen molar-refractivity contribution >= 4 is 0 Å². The standard InChI is InChI=1S/C18H26O3/c1-20-16-10-9-14(18(19)11-5-2-6-12-18)13-17(16)21-15-7-3-4-8-15/h9-10,13,15,19H,2-8,11-12H2,1H3. The van der Waals surface area contributed by atoms with Gasteiger partial charge in [-0.15, -0.1) is 0 Å². The number of aliphatic hydroxyl groups is 1. The monoisotopic (exact) mass is 290 g/mol. The molecule has 0 unspecified atom stereocenters. The zero-order chi connectivity index (χ0) is 14.7. The molecule has 0 atom stereocenters. The fourth-order valence-corrected chi connectivity index (χ4v) is 3.67. The maximum absolute atomic E-state index is 10.9. The van der Waals surface area contributed by atoms with E-state index in [0.717, 1.165) is 55.6 Å². The van der Waals surface area contributed by atoms with Crippen LogP contribution in [0.3, 0.4) is 0 Å². The molecule has 1 N–H and O–H groups in total. The van der Waals surface area contributed by atoms with E-state index in [2.05, 4.69) is 0 Å². The Morgan fingerprint density at radius 1 is 1.00 bits per heavy atom. The van der Waals surface area contributed by atoms with Crippen LogP contribution in [0.5, 0.6) is 11.5 Å². The summed E-state index contributed by atoms with van der Waals surface area (Å²) < 4.78 is 11.6. The van der Waals surface area contributed by atoms with Crippen LogP contribution in [0.15, 0.2) is 18.2 Å². The highest BCUT2D eigenvalue weighted by atomic mass is 16.5. The molecule has 3 rings (SSSR count). The average Bonchev–Trinajstić information content (AvgIpc) is 3.01. The van der Waals surface area contributed by atoms with E-state index in [1.165, 1.54) is 19.3 Å². The van der Waals surface area contributed by atoms with Gasteiger partial charge in [-0.25, -0.2) is 0 Å². The van der Waals surface area contributed by atoms with Crippen LogP contribution in [0, 0.1) is 0 Å². The first kappa shape index (κ1) is 14.7. The van der Waals surface area contributed by atoms with Crippen molar-refractivity contribution in [2.75, 3.05) is 7.11 Å². The van der Waals surface area contributed by atoms with Crippen LogP contribution in [-0.4, -0.2) is 18.3 Å². The molecule has 2 saturated carbocycles. The molecule has 0 bridgehead atoms. The molecular formula is C18H26O3. The number of hydrogen-bond donors (Lipinski definition) is 1. The van der Waals surface area contributed by atoms with Crippen molar-refractivity contribution in [3.8, 4) is 11.5 Å². The van der Waals surface area contributed by atoms with Crippen molar-refractivity contribution in [1.29, 1.82) is 0 Å². The summed E-state index contributed by atoms with van der Waals surface area (Å²) in [7, 11) is 1.67. The zero-order valence-electron chi connectivity index (χ0n) is 12.9. The highest BCUT2D eigenvalue weighted by molar-refractivity contribution is 5.45. The molecule has 0 aliphatic heterocycles. The normalized spacial score (nSPS) is 22.2. The number of benzene rings is 1. The van der Waals surface area contributed by atoms with Gasteiger partial charge >= 0.3 is 0 Å². The first-order valence-electron chi connectivity index (χ1n) is 8.29. The minimum atomic E-state index is -0.682. The second-order valence-electron chi connectivity index (χ2n) is 6.48. The first-order chi connectivity index (χ1) is 10.2. The summed E-state index contributed by atoms with van der Waals surface area (Å²) in [6.07, 6.45) is 10.2. The molecule has 1 aromatic rings. The van der Waals surface area contributed by atoms with Gasteiger partial charge in [-0.2, -0.15) is 0 Å². The lowest BCUT2D eigenvalue weighted by Crippen LogP contribution is -2.28. The second kappa shape index (κ2) is 6.27. The minimum Gasteiger partial charge on any atom is -0.493 e. The Morgan fingerprint density at radius 3 is 2.38 bits per heavy atom. The van der Waals surface area contributed by atoms with E-state index in [9.17, 15) is 5.11 Å². The summed E-state index contributed by atoms with van der Waals surface area (Å²) in [5.74, 6) is 1.56. The lowest BCUT2D eigenvalue weighted by Gasteiger charge is -2.33. The van der Waals surface area contributed by atoms with E-state index >= 15 is 0 Å². The highest BCUT2D eigenvalue weighted by Gasteiger charge is 2.32. The van der Waals surface area contributed by atoms with Gasteiger partial charge in [0, 0.05) is 0 Å². The fourth-order valence-electron chi connectivity index (χ4n) is 3.67. The molecule has 116 valence electrons. The Morgan fingerprint density at radius 2 is 1.71 bits per heavy atom. The van der Waals surface area contributed by atoms with Crippen LogP contribution in [0.1, 0.15) is 63.4 Å². The van der Waals surface area contributed by atoms with E-state index in [1.54, 1.807) is 7.11 Å². The van der Waals surface area contributed by atoms with E-state index in [0.29, 0.717) is 6.10 Å². The summed E-state index contributed by atoms with van der Waals surface area (Å²) in [5.41, 5.74) is 0.300. The van der Waals surface area contributed by atoms with Crippen LogP contribution in [0.2, 0.25) is 0 Å². The molecule has 3 heteroatoms. The molecule has 0 spiro atoms. The summed E-state index contributed by atoms with van der Waals surface area (Å²) in [4.78, 5) is 0. The predicted molar refractivity (Wildman–Crippen MR) is 82.9 cm³/mol. The molecule has 1 aromatic carbocycles. The molecule has 0 amide bonds. The van der Waals surface area contributed by atoms with Gasteiger partial charge in [-0.1, -0.05) is 25.3 Å². The van der Waals surface area contributed by atoms with Crippen molar-refractivity contribution < 1.29 is 14.6 Å². The third kappa shape index (κ3) is 3.18. The Hall–Kier alpha value is -1.22. The number of methoxy groups -OCH3 is 1. The Kier molecular flexibility index (Phi) is 4.39. The smallest absolute Gasteiger partial charge is 0.161 e. The molecule has 3 nitrogen and oxygen atoms in total. The Labute approximate surface area is 127 Å². The molecular weight excluding hydrogens is 264 g/mol. The maximum atomic E-state index is 10.9. The molecule has 0 aromatic heterocycles. The zero-order valence-corrected chi connectivity index (χ0v) is 12.9. The minimum absolute atomic E-state index is 0.301. The van der Waals surface area contributed by atoms with Gasteiger partial charge in [0.05, 0.1) is 18.8 Å². The predicted octanol–water partition coefficient (Wildman–Crippen LogP) is 4.17.